The predicted molar refractivity (Wildman–Crippen MR) is 74.8 cm³/mol. The Kier molecular flexibility index (Phi) is 2.49. The number of halogens is 1. The number of anilines is 1. The van der Waals surface area contributed by atoms with Crippen LogP contribution in [0.1, 0.15) is 5.69 Å². The lowest BCUT2D eigenvalue weighted by molar-refractivity contribution is 1.11. The van der Waals surface area contributed by atoms with E-state index >= 15 is 0 Å². The zero-order valence-electron chi connectivity index (χ0n) is 9.89. The largest absolute Gasteiger partial charge is 0.399 e. The highest BCUT2D eigenvalue weighted by Crippen LogP contribution is 2.26. The maximum atomic E-state index is 6.00. The van der Waals surface area contributed by atoms with Gasteiger partial charge in [-0.2, -0.15) is 0 Å². The Labute approximate surface area is 110 Å². The fourth-order valence-corrected chi connectivity index (χ4v) is 2.26. The van der Waals surface area contributed by atoms with Crippen molar-refractivity contribution in [1.29, 1.82) is 0 Å². The van der Waals surface area contributed by atoms with Gasteiger partial charge in [-0.1, -0.05) is 23.7 Å². The molecule has 0 bridgehead atoms. The van der Waals surface area contributed by atoms with Crippen molar-refractivity contribution in [3.05, 3.63) is 53.3 Å². The highest BCUT2D eigenvalue weighted by Gasteiger charge is 2.10. The molecule has 0 fully saturated rings. The van der Waals surface area contributed by atoms with Gasteiger partial charge in [0.25, 0.3) is 0 Å². The Morgan fingerprint density at radius 1 is 1.22 bits per heavy atom. The number of aromatic nitrogens is 2. The van der Waals surface area contributed by atoms with Gasteiger partial charge in [-0.25, -0.2) is 4.98 Å². The van der Waals surface area contributed by atoms with E-state index in [2.05, 4.69) is 4.98 Å². The van der Waals surface area contributed by atoms with Crippen molar-refractivity contribution in [3.63, 3.8) is 0 Å². The smallest absolute Gasteiger partial charge is 0.137 e. The highest BCUT2D eigenvalue weighted by atomic mass is 35.5. The molecule has 0 radical (unpaired) electrons. The van der Waals surface area contributed by atoms with E-state index in [-0.39, 0.29) is 0 Å². The van der Waals surface area contributed by atoms with E-state index in [0.717, 1.165) is 28.3 Å². The van der Waals surface area contributed by atoms with Crippen LogP contribution in [0.25, 0.3) is 16.9 Å². The van der Waals surface area contributed by atoms with Crippen molar-refractivity contribution in [2.45, 2.75) is 6.92 Å². The average Bonchev–Trinajstić information content (AvgIpc) is 2.67. The third-order valence-corrected chi connectivity index (χ3v) is 3.20. The molecule has 3 nitrogen and oxygen atoms in total. The molecule has 0 spiro atoms. The number of nitrogens with two attached hydrogens (primary N) is 1. The Bertz CT molecular complexity index is 731. The maximum absolute atomic E-state index is 6.00. The van der Waals surface area contributed by atoms with Crippen LogP contribution in [-0.4, -0.2) is 9.38 Å². The van der Waals surface area contributed by atoms with Crippen LogP contribution < -0.4 is 5.73 Å². The molecule has 3 aromatic rings. The molecule has 0 aliphatic rings. The van der Waals surface area contributed by atoms with E-state index in [4.69, 9.17) is 17.3 Å². The summed E-state index contributed by atoms with van der Waals surface area (Å²) in [6.07, 6.45) is 1.87. The standard InChI is InChI=1S/C14H12ClN3/c1-9-14(10-3-2-4-12(16)7-10)17-13-6-5-11(15)8-18(9)13/h2-8H,16H2,1H3. The highest BCUT2D eigenvalue weighted by molar-refractivity contribution is 6.30. The number of nitrogen functional groups attached to an aromatic ring is 1. The van der Waals surface area contributed by atoms with Crippen LogP contribution in [0.3, 0.4) is 0 Å². The van der Waals surface area contributed by atoms with E-state index < -0.39 is 0 Å². The third-order valence-electron chi connectivity index (χ3n) is 2.98. The van der Waals surface area contributed by atoms with Gasteiger partial charge in [-0.3, -0.25) is 0 Å². The van der Waals surface area contributed by atoms with Crippen LogP contribution in [-0.2, 0) is 0 Å². The van der Waals surface area contributed by atoms with Gasteiger partial charge in [0.05, 0.1) is 10.7 Å². The molecule has 2 aromatic heterocycles. The lowest BCUT2D eigenvalue weighted by atomic mass is 10.1. The summed E-state index contributed by atoms with van der Waals surface area (Å²) in [5.74, 6) is 0. The molecule has 2 N–H and O–H groups in total. The summed E-state index contributed by atoms with van der Waals surface area (Å²) in [4.78, 5) is 4.61. The van der Waals surface area contributed by atoms with Crippen molar-refractivity contribution in [1.82, 2.24) is 9.38 Å². The predicted octanol–water partition coefficient (Wildman–Crippen LogP) is 3.55. The van der Waals surface area contributed by atoms with Crippen molar-refractivity contribution in [2.75, 3.05) is 5.73 Å². The fourth-order valence-electron chi connectivity index (χ4n) is 2.10. The first kappa shape index (κ1) is 11.1. The number of benzene rings is 1. The molecule has 1 aromatic carbocycles. The van der Waals surface area contributed by atoms with Gasteiger partial charge >= 0.3 is 0 Å². The van der Waals surface area contributed by atoms with Crippen molar-refractivity contribution in [2.24, 2.45) is 0 Å². The summed E-state index contributed by atoms with van der Waals surface area (Å²) in [5.41, 5.74) is 10.4. The number of imidazole rings is 1. The van der Waals surface area contributed by atoms with Crippen LogP contribution in [0, 0.1) is 6.92 Å². The summed E-state index contributed by atoms with van der Waals surface area (Å²) in [6, 6.07) is 11.5. The summed E-state index contributed by atoms with van der Waals surface area (Å²) in [6.45, 7) is 2.02. The molecule has 0 atom stereocenters. The van der Waals surface area contributed by atoms with Crippen molar-refractivity contribution < 1.29 is 0 Å². The number of hydrogen-bond donors (Lipinski definition) is 1. The molecule has 0 amide bonds. The fraction of sp³-hybridized carbons (Fsp3) is 0.0714. The van der Waals surface area contributed by atoms with Crippen LogP contribution in [0.5, 0.6) is 0 Å². The second-order valence-corrected chi connectivity index (χ2v) is 4.68. The van der Waals surface area contributed by atoms with Gasteiger partial charge in [0.15, 0.2) is 0 Å². The van der Waals surface area contributed by atoms with Gasteiger partial charge < -0.3 is 10.1 Å². The third kappa shape index (κ3) is 1.73. The minimum Gasteiger partial charge on any atom is -0.399 e. The number of aryl methyl sites for hydroxylation is 1. The molecule has 0 saturated heterocycles. The molecule has 90 valence electrons. The van der Waals surface area contributed by atoms with Crippen LogP contribution in [0.2, 0.25) is 5.02 Å². The lowest BCUT2D eigenvalue weighted by Gasteiger charge is -2.01. The molecule has 0 unspecified atom stereocenters. The summed E-state index contributed by atoms with van der Waals surface area (Å²) >= 11 is 6.00. The monoisotopic (exact) mass is 257 g/mol. The maximum Gasteiger partial charge on any atom is 0.137 e. The molecule has 0 saturated carbocycles. The lowest BCUT2D eigenvalue weighted by Crippen LogP contribution is -1.88. The van der Waals surface area contributed by atoms with Crippen LogP contribution >= 0.6 is 11.6 Å². The summed E-state index contributed by atoms with van der Waals surface area (Å²) in [7, 11) is 0. The minimum absolute atomic E-state index is 0.696. The van der Waals surface area contributed by atoms with Gasteiger partial charge in [-0.15, -0.1) is 0 Å². The van der Waals surface area contributed by atoms with Gasteiger partial charge in [-0.05, 0) is 31.2 Å². The first-order valence-corrected chi connectivity index (χ1v) is 6.03. The summed E-state index contributed by atoms with van der Waals surface area (Å²) in [5, 5.41) is 0.696. The zero-order chi connectivity index (χ0) is 12.7. The number of fused-ring (bicyclic) bond motifs is 1. The topological polar surface area (TPSA) is 43.3 Å². The number of rotatable bonds is 1. The van der Waals surface area contributed by atoms with Gasteiger partial charge in [0, 0.05) is 23.1 Å². The molecule has 18 heavy (non-hydrogen) atoms. The molecule has 4 heteroatoms. The number of pyridine rings is 1. The second kappa shape index (κ2) is 4.03. The Morgan fingerprint density at radius 2 is 2.06 bits per heavy atom. The van der Waals surface area contributed by atoms with Gasteiger partial charge in [0.2, 0.25) is 0 Å². The quantitative estimate of drug-likeness (QED) is 0.678. The molecular weight excluding hydrogens is 246 g/mol. The second-order valence-electron chi connectivity index (χ2n) is 4.25. The molecule has 2 heterocycles. The number of hydrogen-bond acceptors (Lipinski definition) is 2. The van der Waals surface area contributed by atoms with Crippen LogP contribution in [0.4, 0.5) is 5.69 Å². The first-order valence-electron chi connectivity index (χ1n) is 5.65. The molecular formula is C14H12ClN3. The number of nitrogens with zero attached hydrogens (tertiary/aromatic N) is 2. The first-order chi connectivity index (χ1) is 8.65. The van der Waals surface area contributed by atoms with Crippen LogP contribution in [0.15, 0.2) is 42.6 Å². The molecule has 3 rings (SSSR count). The molecule has 0 aliphatic carbocycles. The zero-order valence-corrected chi connectivity index (χ0v) is 10.6. The van der Waals surface area contributed by atoms with E-state index in [1.54, 1.807) is 0 Å². The van der Waals surface area contributed by atoms with Gasteiger partial charge in [0.1, 0.15) is 5.65 Å². The van der Waals surface area contributed by atoms with Crippen molar-refractivity contribution >= 4 is 22.9 Å². The minimum atomic E-state index is 0.696. The van der Waals surface area contributed by atoms with E-state index in [1.165, 1.54) is 0 Å². The Hall–Kier alpha value is -2.00. The van der Waals surface area contributed by atoms with Crippen molar-refractivity contribution in [3.8, 4) is 11.3 Å². The summed E-state index contributed by atoms with van der Waals surface area (Å²) < 4.78 is 1.99. The van der Waals surface area contributed by atoms with E-state index in [0.29, 0.717) is 5.02 Å². The normalized spacial score (nSPS) is 11.0. The average molecular weight is 258 g/mol. The van der Waals surface area contributed by atoms with E-state index in [9.17, 15) is 0 Å². The SMILES string of the molecule is Cc1c(-c2cccc(N)c2)nc2ccc(Cl)cn12. The van der Waals surface area contributed by atoms with E-state index in [1.807, 2.05) is 53.9 Å². The Morgan fingerprint density at radius 3 is 2.83 bits per heavy atom. The Balaban J connectivity index is 2.27. The molecule has 0 aliphatic heterocycles.